The molecule has 18 heavy (non-hydrogen) atoms. The van der Waals surface area contributed by atoms with Crippen LogP contribution in [0.2, 0.25) is 0 Å². The summed E-state index contributed by atoms with van der Waals surface area (Å²) in [6.45, 7) is 7.30. The maximum Gasteiger partial charge on any atom is 0.234 e. The lowest BCUT2D eigenvalue weighted by molar-refractivity contribution is -0.120. The van der Waals surface area contributed by atoms with Gasteiger partial charge in [0.1, 0.15) is 0 Å². The third kappa shape index (κ3) is 2.56. The highest BCUT2D eigenvalue weighted by molar-refractivity contribution is 5.80. The van der Waals surface area contributed by atoms with Gasteiger partial charge >= 0.3 is 0 Å². The average Bonchev–Trinajstić information content (AvgIpc) is 2.34. The van der Waals surface area contributed by atoms with Crippen molar-refractivity contribution in [3.8, 4) is 0 Å². The Bertz CT molecular complexity index is 468. The zero-order valence-corrected chi connectivity index (χ0v) is 11.4. The van der Waals surface area contributed by atoms with Crippen LogP contribution in [0.1, 0.15) is 41.0 Å². The Kier molecular flexibility index (Phi) is 3.71. The van der Waals surface area contributed by atoms with Crippen LogP contribution in [0.5, 0.6) is 0 Å². The van der Waals surface area contributed by atoms with Crippen molar-refractivity contribution in [3.63, 3.8) is 0 Å². The van der Waals surface area contributed by atoms with Crippen molar-refractivity contribution in [2.75, 3.05) is 6.54 Å². The number of benzene rings is 1. The number of carbonyl (C=O) groups excluding carboxylic acids is 1. The lowest BCUT2D eigenvalue weighted by Gasteiger charge is -2.30. The second kappa shape index (κ2) is 5.11. The molecule has 1 heterocycles. The molecule has 1 amide bonds. The molecule has 0 saturated carbocycles. The monoisotopic (exact) mass is 246 g/mol. The van der Waals surface area contributed by atoms with Gasteiger partial charge in [-0.25, -0.2) is 0 Å². The molecule has 0 radical (unpaired) electrons. The summed E-state index contributed by atoms with van der Waals surface area (Å²) in [7, 11) is 0. The van der Waals surface area contributed by atoms with E-state index in [9.17, 15) is 4.79 Å². The summed E-state index contributed by atoms with van der Waals surface area (Å²) in [4.78, 5) is 11.3. The number of primary amides is 1. The molecule has 1 aromatic rings. The van der Waals surface area contributed by atoms with Gasteiger partial charge in [0.05, 0.1) is 6.04 Å². The molecule has 0 aromatic heterocycles. The first-order valence-electron chi connectivity index (χ1n) is 6.59. The van der Waals surface area contributed by atoms with Gasteiger partial charge in [-0.05, 0) is 68.3 Å². The van der Waals surface area contributed by atoms with E-state index in [2.05, 4.69) is 38.2 Å². The zero-order valence-electron chi connectivity index (χ0n) is 11.4. The smallest absolute Gasteiger partial charge is 0.234 e. The van der Waals surface area contributed by atoms with Crippen LogP contribution in [-0.4, -0.2) is 18.5 Å². The normalized spacial score (nSPS) is 23.9. The second-order valence-corrected chi connectivity index (χ2v) is 5.42. The number of carbonyl (C=O) groups is 1. The minimum Gasteiger partial charge on any atom is -0.368 e. The predicted octanol–water partition coefficient (Wildman–Crippen LogP) is 1.93. The molecule has 1 saturated heterocycles. The molecule has 1 aromatic carbocycles. The van der Waals surface area contributed by atoms with Crippen LogP contribution in [0.25, 0.3) is 0 Å². The lowest BCUT2D eigenvalue weighted by Crippen LogP contribution is -2.46. The van der Waals surface area contributed by atoms with Gasteiger partial charge in [-0.15, -0.1) is 0 Å². The molecule has 0 aliphatic carbocycles. The molecule has 2 unspecified atom stereocenters. The molecule has 2 atom stereocenters. The van der Waals surface area contributed by atoms with Crippen LogP contribution in [0.3, 0.4) is 0 Å². The third-order valence-electron chi connectivity index (χ3n) is 4.07. The summed E-state index contributed by atoms with van der Waals surface area (Å²) in [5.74, 6) is 0.212. The molecule has 3 N–H and O–H groups in total. The van der Waals surface area contributed by atoms with Crippen molar-refractivity contribution < 1.29 is 4.79 Å². The zero-order chi connectivity index (χ0) is 13.3. The Morgan fingerprint density at radius 3 is 2.56 bits per heavy atom. The summed E-state index contributed by atoms with van der Waals surface area (Å²) in [5.41, 5.74) is 10.8. The average molecular weight is 246 g/mol. The van der Waals surface area contributed by atoms with Crippen LogP contribution in [-0.2, 0) is 4.79 Å². The minimum absolute atomic E-state index is 0.176. The number of nitrogens with one attached hydrogen (secondary N) is 1. The number of hydrogen-bond donors (Lipinski definition) is 2. The fourth-order valence-corrected chi connectivity index (χ4v) is 2.84. The maximum absolute atomic E-state index is 11.3. The number of hydrogen-bond acceptors (Lipinski definition) is 2. The van der Waals surface area contributed by atoms with E-state index in [1.54, 1.807) is 0 Å². The summed E-state index contributed by atoms with van der Waals surface area (Å²) in [6.07, 6.45) is 1.89. The van der Waals surface area contributed by atoms with Crippen LogP contribution in [0.15, 0.2) is 12.1 Å². The Labute approximate surface area is 109 Å². The van der Waals surface area contributed by atoms with E-state index in [0.29, 0.717) is 5.92 Å². The van der Waals surface area contributed by atoms with Gasteiger partial charge in [-0.3, -0.25) is 4.79 Å². The molecule has 1 fully saturated rings. The van der Waals surface area contributed by atoms with Crippen LogP contribution < -0.4 is 11.1 Å². The molecule has 1 aliphatic rings. The van der Waals surface area contributed by atoms with Gasteiger partial charge in [-0.1, -0.05) is 12.1 Å². The van der Waals surface area contributed by atoms with Crippen molar-refractivity contribution in [1.29, 1.82) is 0 Å². The lowest BCUT2D eigenvalue weighted by atomic mass is 9.83. The standard InChI is InChI=1S/C15H22N2O/c1-9-6-11(3)13(7-10(9)2)12-4-5-17-14(8-12)15(16)18/h6-7,12,14,17H,4-5,8H2,1-3H3,(H2,16,18). The van der Waals surface area contributed by atoms with Gasteiger partial charge in [0.25, 0.3) is 0 Å². The van der Waals surface area contributed by atoms with E-state index < -0.39 is 0 Å². The molecule has 3 heteroatoms. The summed E-state index contributed by atoms with van der Waals surface area (Å²) in [5, 5.41) is 3.19. The molecule has 98 valence electrons. The van der Waals surface area contributed by atoms with Crippen LogP contribution in [0, 0.1) is 20.8 Å². The maximum atomic E-state index is 11.3. The fraction of sp³-hybridized carbons (Fsp3) is 0.533. The Morgan fingerprint density at radius 2 is 1.89 bits per heavy atom. The van der Waals surface area contributed by atoms with Crippen molar-refractivity contribution >= 4 is 5.91 Å². The molecule has 2 rings (SSSR count). The Hall–Kier alpha value is -1.35. The molecule has 1 aliphatic heterocycles. The topological polar surface area (TPSA) is 55.1 Å². The highest BCUT2D eigenvalue weighted by atomic mass is 16.1. The molecule has 0 bridgehead atoms. The van der Waals surface area contributed by atoms with Crippen LogP contribution in [0.4, 0.5) is 0 Å². The van der Waals surface area contributed by atoms with E-state index in [0.717, 1.165) is 19.4 Å². The van der Waals surface area contributed by atoms with E-state index in [1.807, 2.05) is 0 Å². The van der Waals surface area contributed by atoms with Gasteiger partial charge in [-0.2, -0.15) is 0 Å². The predicted molar refractivity (Wildman–Crippen MR) is 73.6 cm³/mol. The van der Waals surface area contributed by atoms with E-state index >= 15 is 0 Å². The van der Waals surface area contributed by atoms with Crippen molar-refractivity contribution in [3.05, 3.63) is 34.4 Å². The molecule has 3 nitrogen and oxygen atoms in total. The highest BCUT2D eigenvalue weighted by Crippen LogP contribution is 2.31. The second-order valence-electron chi connectivity index (χ2n) is 5.42. The highest BCUT2D eigenvalue weighted by Gasteiger charge is 2.27. The number of nitrogens with two attached hydrogens (primary N) is 1. The quantitative estimate of drug-likeness (QED) is 0.838. The third-order valence-corrected chi connectivity index (χ3v) is 4.07. The SMILES string of the molecule is Cc1cc(C)c(C2CCNC(C(N)=O)C2)cc1C. The number of aryl methyl sites for hydroxylation is 3. The molecular weight excluding hydrogens is 224 g/mol. The first-order chi connectivity index (χ1) is 8.49. The number of rotatable bonds is 2. The Morgan fingerprint density at radius 1 is 1.22 bits per heavy atom. The molecular formula is C15H22N2O. The first-order valence-corrected chi connectivity index (χ1v) is 6.59. The summed E-state index contributed by atoms with van der Waals surface area (Å²) >= 11 is 0. The number of amides is 1. The van der Waals surface area contributed by atoms with E-state index in [4.69, 9.17) is 5.73 Å². The summed E-state index contributed by atoms with van der Waals surface area (Å²) < 4.78 is 0. The van der Waals surface area contributed by atoms with Gasteiger partial charge < -0.3 is 11.1 Å². The first kappa shape index (κ1) is 13.1. The van der Waals surface area contributed by atoms with E-state index in [1.165, 1.54) is 22.3 Å². The van der Waals surface area contributed by atoms with Gasteiger partial charge in [0.15, 0.2) is 0 Å². The van der Waals surface area contributed by atoms with Crippen molar-refractivity contribution in [1.82, 2.24) is 5.32 Å². The van der Waals surface area contributed by atoms with Crippen molar-refractivity contribution in [2.24, 2.45) is 5.73 Å². The van der Waals surface area contributed by atoms with Gasteiger partial charge in [0.2, 0.25) is 5.91 Å². The Balaban J connectivity index is 2.26. The van der Waals surface area contributed by atoms with Crippen LogP contribution >= 0.6 is 0 Å². The fourth-order valence-electron chi connectivity index (χ4n) is 2.84. The molecule has 0 spiro atoms. The number of piperidine rings is 1. The largest absolute Gasteiger partial charge is 0.368 e. The van der Waals surface area contributed by atoms with Gasteiger partial charge in [0, 0.05) is 0 Å². The minimum atomic E-state index is -0.235. The summed E-state index contributed by atoms with van der Waals surface area (Å²) in [6, 6.07) is 4.34. The van der Waals surface area contributed by atoms with E-state index in [-0.39, 0.29) is 11.9 Å². The van der Waals surface area contributed by atoms with Crippen molar-refractivity contribution in [2.45, 2.75) is 45.6 Å².